The van der Waals surface area contributed by atoms with Crippen LogP contribution in [0.2, 0.25) is 0 Å². The number of nitrogens with zero attached hydrogens (tertiary/aromatic N) is 1. The molecule has 1 unspecified atom stereocenters. The molecule has 0 saturated carbocycles. The lowest BCUT2D eigenvalue weighted by atomic mass is 10.0. The van der Waals surface area contributed by atoms with Gasteiger partial charge < -0.3 is 25.2 Å². The van der Waals surface area contributed by atoms with E-state index in [2.05, 4.69) is 5.32 Å². The molecule has 23 heavy (non-hydrogen) atoms. The van der Waals surface area contributed by atoms with Gasteiger partial charge in [0, 0.05) is 0 Å². The summed E-state index contributed by atoms with van der Waals surface area (Å²) in [4.78, 5) is 25.0. The van der Waals surface area contributed by atoms with E-state index in [1.165, 1.54) is 4.90 Å². The third-order valence-electron chi connectivity index (χ3n) is 3.90. The lowest BCUT2D eigenvalue weighted by molar-refractivity contribution is -0.136. The Bertz CT molecular complexity index is 549. The summed E-state index contributed by atoms with van der Waals surface area (Å²) < 4.78 is 5.19. The number of rotatable bonds is 5. The van der Waals surface area contributed by atoms with Gasteiger partial charge in [-0.25, -0.2) is 4.79 Å². The van der Waals surface area contributed by atoms with Crippen molar-refractivity contribution in [3.05, 3.63) is 35.9 Å². The predicted molar refractivity (Wildman–Crippen MR) is 82.5 cm³/mol. The zero-order valence-electron chi connectivity index (χ0n) is 13.2. The van der Waals surface area contributed by atoms with Crippen LogP contribution in [0.4, 0.5) is 4.79 Å². The van der Waals surface area contributed by atoms with Crippen LogP contribution in [0.3, 0.4) is 0 Å². The molecule has 7 heteroatoms. The Labute approximate surface area is 134 Å². The van der Waals surface area contributed by atoms with Crippen molar-refractivity contribution < 1.29 is 24.5 Å². The summed E-state index contributed by atoms with van der Waals surface area (Å²) in [5.74, 6) is -0.603. The topological polar surface area (TPSA) is 99.1 Å². The Morgan fingerprint density at radius 3 is 2.57 bits per heavy atom. The third-order valence-corrected chi connectivity index (χ3v) is 3.90. The first kappa shape index (κ1) is 17.2. The maximum Gasteiger partial charge on any atom is 0.405 e. The fourth-order valence-electron chi connectivity index (χ4n) is 2.64. The summed E-state index contributed by atoms with van der Waals surface area (Å²) in [6.07, 6.45) is -1.90. The van der Waals surface area contributed by atoms with Gasteiger partial charge in [-0.2, -0.15) is 0 Å². The Hall–Kier alpha value is -2.12. The largest absolute Gasteiger partial charge is 0.465 e. The van der Waals surface area contributed by atoms with Crippen LogP contribution in [-0.4, -0.2) is 52.2 Å². The second kappa shape index (κ2) is 7.43. The number of amides is 2. The maximum absolute atomic E-state index is 12.7. The first-order valence-electron chi connectivity index (χ1n) is 7.53. The van der Waals surface area contributed by atoms with Gasteiger partial charge in [0.2, 0.25) is 5.91 Å². The molecule has 1 aromatic carbocycles. The lowest BCUT2D eigenvalue weighted by Gasteiger charge is -2.29. The van der Waals surface area contributed by atoms with E-state index >= 15 is 0 Å². The number of aliphatic hydroxyl groups excluding tert-OH is 1. The number of ether oxygens (including phenoxy) is 1. The van der Waals surface area contributed by atoms with E-state index in [4.69, 9.17) is 9.84 Å². The molecule has 2 amide bonds. The summed E-state index contributed by atoms with van der Waals surface area (Å²) >= 11 is 0. The highest BCUT2D eigenvalue weighted by atomic mass is 16.6. The fraction of sp³-hybridized carbons (Fsp3) is 0.500. The highest BCUT2D eigenvalue weighted by Crippen LogP contribution is 2.22. The van der Waals surface area contributed by atoms with Crippen LogP contribution in [0.1, 0.15) is 19.4 Å². The van der Waals surface area contributed by atoms with Crippen LogP contribution in [0.25, 0.3) is 0 Å². The third kappa shape index (κ3) is 4.20. The van der Waals surface area contributed by atoms with Crippen molar-refractivity contribution in [2.75, 3.05) is 6.73 Å². The summed E-state index contributed by atoms with van der Waals surface area (Å²) in [6.45, 7) is 3.47. The van der Waals surface area contributed by atoms with Crippen LogP contribution in [0.5, 0.6) is 0 Å². The Kier molecular flexibility index (Phi) is 5.57. The summed E-state index contributed by atoms with van der Waals surface area (Å²) in [5, 5.41) is 21.2. The number of carbonyl (C=O) groups is 2. The average molecular weight is 322 g/mol. The number of hydrogen-bond acceptors (Lipinski definition) is 4. The van der Waals surface area contributed by atoms with Gasteiger partial charge in [0.05, 0.1) is 6.04 Å². The second-order valence-electron chi connectivity index (χ2n) is 5.92. The summed E-state index contributed by atoms with van der Waals surface area (Å²) in [7, 11) is 0. The molecular formula is C16H22N2O5. The monoisotopic (exact) mass is 322 g/mol. The molecule has 0 radical (unpaired) electrons. The van der Waals surface area contributed by atoms with Crippen molar-refractivity contribution in [1.82, 2.24) is 10.2 Å². The molecule has 0 aliphatic carbocycles. The van der Waals surface area contributed by atoms with Crippen LogP contribution in [-0.2, 0) is 16.0 Å². The Morgan fingerprint density at radius 2 is 2.00 bits per heavy atom. The van der Waals surface area contributed by atoms with Gasteiger partial charge in [0.25, 0.3) is 0 Å². The van der Waals surface area contributed by atoms with E-state index in [0.717, 1.165) is 5.56 Å². The zero-order chi connectivity index (χ0) is 17.0. The van der Waals surface area contributed by atoms with Crippen LogP contribution in [0, 0.1) is 5.92 Å². The van der Waals surface area contributed by atoms with E-state index < -0.39 is 24.5 Å². The van der Waals surface area contributed by atoms with Crippen molar-refractivity contribution in [3.8, 4) is 0 Å². The van der Waals surface area contributed by atoms with Crippen molar-refractivity contribution in [1.29, 1.82) is 0 Å². The predicted octanol–water partition coefficient (Wildman–Crippen LogP) is 1.02. The van der Waals surface area contributed by atoms with Gasteiger partial charge in [-0.15, -0.1) is 0 Å². The average Bonchev–Trinajstić information content (AvgIpc) is 2.86. The normalized spacial score (nSPS) is 22.2. The number of aliphatic hydroxyl groups is 1. The molecule has 126 valence electrons. The van der Waals surface area contributed by atoms with E-state index in [1.54, 1.807) is 13.8 Å². The maximum atomic E-state index is 12.7. The molecule has 1 aliphatic heterocycles. The molecule has 1 fully saturated rings. The van der Waals surface area contributed by atoms with Crippen LogP contribution < -0.4 is 5.32 Å². The number of benzene rings is 1. The molecule has 2 rings (SSSR count). The van der Waals surface area contributed by atoms with Gasteiger partial charge in [-0.05, 0) is 17.9 Å². The minimum atomic E-state index is -1.25. The molecular weight excluding hydrogens is 300 g/mol. The Balaban J connectivity index is 2.15. The minimum absolute atomic E-state index is 0.0536. The molecule has 1 aromatic rings. The van der Waals surface area contributed by atoms with Gasteiger partial charge >= 0.3 is 6.09 Å². The molecule has 1 heterocycles. The molecule has 0 aromatic heterocycles. The number of nitrogens with one attached hydrogen (secondary N) is 1. The van der Waals surface area contributed by atoms with E-state index in [1.807, 2.05) is 30.3 Å². The van der Waals surface area contributed by atoms with Crippen molar-refractivity contribution in [2.45, 2.75) is 38.6 Å². The second-order valence-corrected chi connectivity index (χ2v) is 5.92. The number of hydrogen-bond donors (Lipinski definition) is 3. The first-order valence-corrected chi connectivity index (χ1v) is 7.53. The van der Waals surface area contributed by atoms with Gasteiger partial charge in [-0.3, -0.25) is 4.79 Å². The van der Waals surface area contributed by atoms with E-state index in [9.17, 15) is 14.7 Å². The van der Waals surface area contributed by atoms with Crippen LogP contribution in [0.15, 0.2) is 30.3 Å². The molecule has 3 atom stereocenters. The Morgan fingerprint density at radius 1 is 1.35 bits per heavy atom. The first-order chi connectivity index (χ1) is 10.9. The van der Waals surface area contributed by atoms with Gasteiger partial charge in [0.1, 0.15) is 12.8 Å². The lowest BCUT2D eigenvalue weighted by Crippen LogP contribution is -2.53. The van der Waals surface area contributed by atoms with E-state index in [0.29, 0.717) is 6.42 Å². The summed E-state index contributed by atoms with van der Waals surface area (Å²) in [5.41, 5.74) is 0.965. The SMILES string of the molecule is CC(C)C(NC(=O)O)C(=O)N1CO[C@@H](O)[C@@H]1Cc1ccccc1. The molecule has 1 saturated heterocycles. The zero-order valence-corrected chi connectivity index (χ0v) is 13.2. The molecule has 3 N–H and O–H groups in total. The van der Waals surface area contributed by atoms with Gasteiger partial charge in [-0.1, -0.05) is 44.2 Å². The standard InChI is InChI=1S/C16H22N2O5/c1-10(2)13(17-16(21)22)14(19)18-9-23-15(20)12(18)8-11-6-4-3-5-7-11/h3-7,10,12-13,15,17,20H,8-9H2,1-2H3,(H,21,22)/t12-,13?,15+/m0/s1. The van der Waals surface area contributed by atoms with Gasteiger partial charge in [0.15, 0.2) is 6.29 Å². The number of carboxylic acid groups (broad SMARTS) is 1. The van der Waals surface area contributed by atoms with Crippen molar-refractivity contribution in [2.24, 2.45) is 5.92 Å². The molecule has 0 spiro atoms. The minimum Gasteiger partial charge on any atom is -0.465 e. The number of carbonyl (C=O) groups excluding carboxylic acids is 1. The molecule has 7 nitrogen and oxygen atoms in total. The fourth-order valence-corrected chi connectivity index (χ4v) is 2.64. The molecule has 0 bridgehead atoms. The van der Waals surface area contributed by atoms with E-state index in [-0.39, 0.29) is 18.6 Å². The van der Waals surface area contributed by atoms with Crippen molar-refractivity contribution >= 4 is 12.0 Å². The highest BCUT2D eigenvalue weighted by Gasteiger charge is 2.40. The smallest absolute Gasteiger partial charge is 0.405 e. The quantitative estimate of drug-likeness (QED) is 0.752. The highest BCUT2D eigenvalue weighted by molar-refractivity contribution is 5.86. The molecule has 1 aliphatic rings. The van der Waals surface area contributed by atoms with Crippen molar-refractivity contribution in [3.63, 3.8) is 0 Å². The van der Waals surface area contributed by atoms with Crippen LogP contribution >= 0.6 is 0 Å². The summed E-state index contributed by atoms with van der Waals surface area (Å²) in [6, 6.07) is 8.05.